The molecule has 0 radical (unpaired) electrons. The molecule has 3 nitrogen and oxygen atoms in total. The first-order valence-electron chi connectivity index (χ1n) is 8.45. The summed E-state index contributed by atoms with van der Waals surface area (Å²) in [5.41, 5.74) is 1.21. The van der Waals surface area contributed by atoms with Gasteiger partial charge in [0.1, 0.15) is 0 Å². The SMILES string of the molecule is C[C@H](c1ccc([S@](C)=O)cc1)N(C)C(=O)[C@H]1C[C@H]1c1cccc(F)c1F. The number of halogens is 2. The summed E-state index contributed by atoms with van der Waals surface area (Å²) in [6.07, 6.45) is 2.15. The number of nitrogens with zero attached hydrogens (tertiary/aromatic N) is 1. The fourth-order valence-corrected chi connectivity index (χ4v) is 3.75. The molecule has 2 aromatic carbocycles. The van der Waals surface area contributed by atoms with Crippen LogP contribution in [0, 0.1) is 17.6 Å². The minimum Gasteiger partial charge on any atom is -0.339 e. The first kappa shape index (κ1) is 18.7. The van der Waals surface area contributed by atoms with Crippen LogP contribution in [0.15, 0.2) is 47.4 Å². The minimum absolute atomic E-state index is 0.0747. The van der Waals surface area contributed by atoms with Crippen LogP contribution < -0.4 is 0 Å². The highest BCUT2D eigenvalue weighted by Crippen LogP contribution is 2.50. The van der Waals surface area contributed by atoms with E-state index in [-0.39, 0.29) is 29.3 Å². The Kier molecular flexibility index (Phi) is 5.23. The molecule has 1 amide bonds. The molecule has 4 atom stereocenters. The Morgan fingerprint density at radius 1 is 1.19 bits per heavy atom. The average Bonchev–Trinajstić information content (AvgIpc) is 3.42. The zero-order valence-corrected chi connectivity index (χ0v) is 15.7. The smallest absolute Gasteiger partial charge is 0.226 e. The maximum Gasteiger partial charge on any atom is 0.226 e. The molecule has 0 aromatic heterocycles. The second-order valence-electron chi connectivity index (χ2n) is 6.74. The molecular weight excluding hydrogens is 356 g/mol. The molecule has 0 aliphatic heterocycles. The molecule has 0 unspecified atom stereocenters. The van der Waals surface area contributed by atoms with Crippen LogP contribution in [-0.2, 0) is 15.6 Å². The number of carbonyl (C=O) groups excluding carboxylic acids is 1. The van der Waals surface area contributed by atoms with Crippen molar-refractivity contribution in [2.45, 2.75) is 30.2 Å². The van der Waals surface area contributed by atoms with Gasteiger partial charge in [-0.15, -0.1) is 0 Å². The number of benzene rings is 2. The monoisotopic (exact) mass is 377 g/mol. The highest BCUT2D eigenvalue weighted by molar-refractivity contribution is 7.84. The summed E-state index contributed by atoms with van der Waals surface area (Å²) in [6, 6.07) is 11.2. The number of hydrogen-bond donors (Lipinski definition) is 0. The maximum atomic E-state index is 13.9. The van der Waals surface area contributed by atoms with Gasteiger partial charge in [-0.3, -0.25) is 9.00 Å². The third-order valence-electron chi connectivity index (χ3n) is 5.11. The topological polar surface area (TPSA) is 37.4 Å². The van der Waals surface area contributed by atoms with Gasteiger partial charge in [0.25, 0.3) is 0 Å². The van der Waals surface area contributed by atoms with Crippen LogP contribution in [0.4, 0.5) is 8.78 Å². The van der Waals surface area contributed by atoms with Crippen LogP contribution in [0.1, 0.15) is 36.4 Å². The second-order valence-corrected chi connectivity index (χ2v) is 8.12. The van der Waals surface area contributed by atoms with Gasteiger partial charge in [0.15, 0.2) is 11.6 Å². The van der Waals surface area contributed by atoms with Gasteiger partial charge in [-0.2, -0.15) is 0 Å². The van der Waals surface area contributed by atoms with Crippen LogP contribution in [0.5, 0.6) is 0 Å². The summed E-state index contributed by atoms with van der Waals surface area (Å²) in [5, 5.41) is 0. The van der Waals surface area contributed by atoms with Crippen LogP contribution in [-0.4, -0.2) is 28.3 Å². The molecule has 1 fully saturated rings. The van der Waals surface area contributed by atoms with Crippen molar-refractivity contribution < 1.29 is 17.8 Å². The molecule has 1 aliphatic rings. The zero-order valence-electron chi connectivity index (χ0n) is 14.9. The van der Waals surface area contributed by atoms with Gasteiger partial charge in [-0.05, 0) is 48.6 Å². The molecule has 3 rings (SSSR count). The van der Waals surface area contributed by atoms with Crippen LogP contribution in [0.2, 0.25) is 0 Å². The van der Waals surface area contributed by atoms with Crippen LogP contribution in [0.3, 0.4) is 0 Å². The lowest BCUT2D eigenvalue weighted by atomic mass is 10.1. The third-order valence-corrected chi connectivity index (χ3v) is 6.05. The summed E-state index contributed by atoms with van der Waals surface area (Å²) in [5.74, 6) is -2.39. The fourth-order valence-electron chi connectivity index (χ4n) is 3.23. The number of amides is 1. The standard InChI is InChI=1S/C20H21F2NO2S/c1-12(13-7-9-14(10-8-13)26(3)25)23(2)20(24)17-11-16(17)15-5-4-6-18(21)19(15)22/h4-10,12,16-17H,11H2,1-3H3/t12-,16+,17+,26+/m1/s1. The van der Waals surface area contributed by atoms with E-state index in [0.717, 1.165) is 16.5 Å². The van der Waals surface area contributed by atoms with E-state index in [9.17, 15) is 17.8 Å². The minimum atomic E-state index is -1.04. The van der Waals surface area contributed by atoms with Crippen molar-refractivity contribution in [3.63, 3.8) is 0 Å². The molecule has 1 aliphatic carbocycles. The van der Waals surface area contributed by atoms with Gasteiger partial charge >= 0.3 is 0 Å². The van der Waals surface area contributed by atoms with Gasteiger partial charge in [-0.1, -0.05) is 24.3 Å². The fraction of sp³-hybridized carbons (Fsp3) is 0.350. The molecule has 6 heteroatoms. The van der Waals surface area contributed by atoms with E-state index < -0.39 is 22.4 Å². The molecule has 0 saturated heterocycles. The Morgan fingerprint density at radius 3 is 2.46 bits per heavy atom. The first-order valence-corrected chi connectivity index (χ1v) is 10.0. The summed E-state index contributed by atoms with van der Waals surface area (Å²) < 4.78 is 38.8. The van der Waals surface area contributed by atoms with Crippen molar-refractivity contribution in [1.29, 1.82) is 0 Å². The zero-order chi connectivity index (χ0) is 19.0. The quantitative estimate of drug-likeness (QED) is 0.789. The summed E-state index contributed by atoms with van der Waals surface area (Å²) in [7, 11) is 0.674. The van der Waals surface area contributed by atoms with Crippen molar-refractivity contribution in [2.75, 3.05) is 13.3 Å². The lowest BCUT2D eigenvalue weighted by molar-refractivity contribution is -0.133. The van der Waals surface area contributed by atoms with Crippen molar-refractivity contribution in [2.24, 2.45) is 5.92 Å². The van der Waals surface area contributed by atoms with E-state index in [0.29, 0.717) is 6.42 Å². The van der Waals surface area contributed by atoms with Crippen molar-refractivity contribution >= 4 is 16.7 Å². The lowest BCUT2D eigenvalue weighted by Gasteiger charge is -2.26. The Balaban J connectivity index is 1.70. The van der Waals surface area contributed by atoms with E-state index >= 15 is 0 Å². The van der Waals surface area contributed by atoms with E-state index in [1.807, 2.05) is 19.1 Å². The average molecular weight is 377 g/mol. The molecule has 0 bridgehead atoms. The van der Waals surface area contributed by atoms with E-state index in [1.165, 1.54) is 6.07 Å². The Bertz CT molecular complexity index is 853. The molecule has 2 aromatic rings. The summed E-state index contributed by atoms with van der Waals surface area (Å²) in [6.45, 7) is 1.91. The Hall–Kier alpha value is -2.08. The van der Waals surface area contributed by atoms with Gasteiger partial charge < -0.3 is 4.90 Å². The van der Waals surface area contributed by atoms with E-state index in [4.69, 9.17) is 0 Å². The molecule has 1 saturated carbocycles. The molecule has 0 heterocycles. The van der Waals surface area contributed by atoms with Crippen molar-refractivity contribution in [1.82, 2.24) is 4.90 Å². The number of hydrogen-bond acceptors (Lipinski definition) is 2. The molecule has 26 heavy (non-hydrogen) atoms. The second kappa shape index (κ2) is 7.27. The molecule has 138 valence electrons. The first-order chi connectivity index (χ1) is 12.3. The molecule has 0 spiro atoms. The highest BCUT2D eigenvalue weighted by atomic mass is 32.2. The van der Waals surface area contributed by atoms with E-state index in [1.54, 1.807) is 36.4 Å². The van der Waals surface area contributed by atoms with Gasteiger partial charge in [0.2, 0.25) is 5.91 Å². The predicted molar refractivity (Wildman–Crippen MR) is 97.2 cm³/mol. The van der Waals surface area contributed by atoms with E-state index in [2.05, 4.69) is 0 Å². The van der Waals surface area contributed by atoms with Crippen molar-refractivity contribution in [3.05, 3.63) is 65.2 Å². The highest BCUT2D eigenvalue weighted by Gasteiger charge is 2.47. The number of rotatable bonds is 5. The van der Waals surface area contributed by atoms with Crippen molar-refractivity contribution in [3.8, 4) is 0 Å². The van der Waals surface area contributed by atoms with Gasteiger partial charge in [-0.25, -0.2) is 8.78 Å². The van der Waals surface area contributed by atoms with Crippen LogP contribution in [0.25, 0.3) is 0 Å². The maximum absolute atomic E-state index is 13.9. The van der Waals surface area contributed by atoms with Gasteiger partial charge in [0.05, 0.1) is 6.04 Å². The molecular formula is C20H21F2NO2S. The Morgan fingerprint density at radius 2 is 1.85 bits per heavy atom. The third kappa shape index (κ3) is 3.56. The summed E-state index contributed by atoms with van der Waals surface area (Å²) in [4.78, 5) is 15.1. The summed E-state index contributed by atoms with van der Waals surface area (Å²) >= 11 is 0. The molecule has 0 N–H and O–H groups in total. The largest absolute Gasteiger partial charge is 0.339 e. The normalized spacial score (nSPS) is 21.1. The van der Waals surface area contributed by atoms with Crippen LogP contribution >= 0.6 is 0 Å². The lowest BCUT2D eigenvalue weighted by Crippen LogP contribution is -2.31. The van der Waals surface area contributed by atoms with Gasteiger partial charge in [0, 0.05) is 34.9 Å². The number of carbonyl (C=O) groups is 1. The predicted octanol–water partition coefficient (Wildman–Crippen LogP) is 4.03. The Labute approximate surface area is 154 Å².